The van der Waals surface area contributed by atoms with Crippen molar-refractivity contribution in [3.8, 4) is 0 Å². The molecule has 0 aromatic heterocycles. The van der Waals surface area contributed by atoms with E-state index in [1.54, 1.807) is 6.92 Å². The summed E-state index contributed by atoms with van der Waals surface area (Å²) in [6.07, 6.45) is 0. The molecule has 0 aliphatic heterocycles. The van der Waals surface area contributed by atoms with E-state index in [0.29, 0.717) is 11.3 Å². The summed E-state index contributed by atoms with van der Waals surface area (Å²) in [5.74, 6) is -0.188. The highest BCUT2D eigenvalue weighted by molar-refractivity contribution is 9.09. The Kier molecular flexibility index (Phi) is 3.79. The van der Waals surface area contributed by atoms with E-state index in [9.17, 15) is 14.9 Å². The van der Waals surface area contributed by atoms with Crippen LogP contribution in [0.3, 0.4) is 0 Å². The summed E-state index contributed by atoms with van der Waals surface area (Å²) in [5, 5.41) is 13.3. The van der Waals surface area contributed by atoms with Gasteiger partial charge in [-0.25, -0.2) is 0 Å². The second-order valence-corrected chi connectivity index (χ2v) is 3.50. The maximum absolute atomic E-state index is 11.1. The first-order valence-corrected chi connectivity index (χ1v) is 5.27. The van der Waals surface area contributed by atoms with Gasteiger partial charge in [-0.3, -0.25) is 14.9 Å². The minimum absolute atomic E-state index is 0.0179. The lowest BCUT2D eigenvalue weighted by Gasteiger charge is -2.06. The molecule has 0 saturated heterocycles. The van der Waals surface area contributed by atoms with Gasteiger partial charge in [0.15, 0.2) is 0 Å². The normalized spacial score (nSPS) is 9.73. The maximum atomic E-state index is 11.1. The molecular weight excluding hydrogens is 264 g/mol. The first-order valence-electron chi connectivity index (χ1n) is 4.15. The Bertz CT molecular complexity index is 406. The largest absolute Gasteiger partial charge is 0.325 e. The molecule has 5 nitrogen and oxygen atoms in total. The van der Waals surface area contributed by atoms with Crippen molar-refractivity contribution in [3.05, 3.63) is 33.9 Å². The third kappa shape index (κ3) is 3.02. The van der Waals surface area contributed by atoms with Crippen LogP contribution in [0.4, 0.5) is 11.4 Å². The lowest BCUT2D eigenvalue weighted by molar-refractivity contribution is -0.384. The Morgan fingerprint density at radius 2 is 2.27 bits per heavy atom. The van der Waals surface area contributed by atoms with Crippen molar-refractivity contribution in [2.45, 2.75) is 6.92 Å². The second-order valence-electron chi connectivity index (χ2n) is 2.94. The SMILES string of the molecule is Cc1cc([N+](=O)[O-])ccc1NC(=O)CBr. The number of alkyl halides is 1. The molecule has 0 aliphatic carbocycles. The van der Waals surface area contributed by atoms with Crippen LogP contribution >= 0.6 is 15.9 Å². The van der Waals surface area contributed by atoms with Crippen LogP contribution in [0.25, 0.3) is 0 Å². The van der Waals surface area contributed by atoms with Gasteiger partial charge in [0.2, 0.25) is 5.91 Å². The zero-order valence-electron chi connectivity index (χ0n) is 7.99. The van der Waals surface area contributed by atoms with Crippen LogP contribution in [-0.2, 0) is 4.79 Å². The Hall–Kier alpha value is -1.43. The van der Waals surface area contributed by atoms with Crippen molar-refractivity contribution >= 4 is 33.2 Å². The number of carbonyl (C=O) groups is 1. The standard InChI is InChI=1S/C9H9BrN2O3/c1-6-4-7(12(14)15)2-3-8(6)11-9(13)5-10/h2-4H,5H2,1H3,(H,11,13). The number of nitro groups is 1. The van der Waals surface area contributed by atoms with E-state index in [1.165, 1.54) is 18.2 Å². The van der Waals surface area contributed by atoms with Crippen LogP contribution in [0, 0.1) is 17.0 Å². The molecule has 1 rings (SSSR count). The number of nitro benzene ring substituents is 1. The lowest BCUT2D eigenvalue weighted by Crippen LogP contribution is -2.13. The van der Waals surface area contributed by atoms with Crippen molar-refractivity contribution in [1.29, 1.82) is 0 Å². The summed E-state index contributed by atoms with van der Waals surface area (Å²) in [6, 6.07) is 4.30. The zero-order chi connectivity index (χ0) is 11.4. The molecule has 15 heavy (non-hydrogen) atoms. The molecule has 0 aliphatic rings. The van der Waals surface area contributed by atoms with E-state index in [0.717, 1.165) is 0 Å². The van der Waals surface area contributed by atoms with E-state index in [4.69, 9.17) is 0 Å². The number of nitrogens with one attached hydrogen (secondary N) is 1. The fraction of sp³-hybridized carbons (Fsp3) is 0.222. The van der Waals surface area contributed by atoms with E-state index >= 15 is 0 Å². The minimum atomic E-state index is -0.469. The molecule has 0 spiro atoms. The molecule has 80 valence electrons. The van der Waals surface area contributed by atoms with Crippen molar-refractivity contribution in [2.24, 2.45) is 0 Å². The van der Waals surface area contributed by atoms with Crippen molar-refractivity contribution in [3.63, 3.8) is 0 Å². The summed E-state index contributed by atoms with van der Waals surface area (Å²) in [7, 11) is 0. The quantitative estimate of drug-likeness (QED) is 0.521. The summed E-state index contributed by atoms with van der Waals surface area (Å²) >= 11 is 3.01. The number of benzene rings is 1. The number of hydrogen-bond acceptors (Lipinski definition) is 3. The number of amides is 1. The molecule has 1 amide bonds. The molecule has 6 heteroatoms. The van der Waals surface area contributed by atoms with Gasteiger partial charge < -0.3 is 5.32 Å². The molecule has 0 unspecified atom stereocenters. The predicted molar refractivity (Wildman–Crippen MR) is 60.3 cm³/mol. The summed E-state index contributed by atoms with van der Waals surface area (Å²) in [4.78, 5) is 21.0. The van der Waals surface area contributed by atoms with Gasteiger partial charge >= 0.3 is 0 Å². The Balaban J connectivity index is 2.93. The fourth-order valence-corrected chi connectivity index (χ4v) is 1.23. The fourth-order valence-electron chi connectivity index (χ4n) is 1.09. The van der Waals surface area contributed by atoms with Gasteiger partial charge in [-0.05, 0) is 18.6 Å². The minimum Gasteiger partial charge on any atom is -0.325 e. The van der Waals surface area contributed by atoms with Gasteiger partial charge in [-0.2, -0.15) is 0 Å². The number of hydrogen-bond donors (Lipinski definition) is 1. The first kappa shape index (κ1) is 11.6. The van der Waals surface area contributed by atoms with Gasteiger partial charge in [0, 0.05) is 17.8 Å². The predicted octanol–water partition coefficient (Wildman–Crippen LogP) is 2.24. The van der Waals surface area contributed by atoms with Crippen LogP contribution in [-0.4, -0.2) is 16.2 Å². The second kappa shape index (κ2) is 4.88. The van der Waals surface area contributed by atoms with Crippen LogP contribution in [0.15, 0.2) is 18.2 Å². The van der Waals surface area contributed by atoms with Crippen molar-refractivity contribution in [1.82, 2.24) is 0 Å². The van der Waals surface area contributed by atoms with E-state index in [-0.39, 0.29) is 16.9 Å². The number of aryl methyl sites for hydroxylation is 1. The average Bonchev–Trinajstić information content (AvgIpc) is 2.20. The number of nitrogens with zero attached hydrogens (tertiary/aromatic N) is 1. The van der Waals surface area contributed by atoms with Gasteiger partial charge in [-0.1, -0.05) is 15.9 Å². The first-order chi connectivity index (χ1) is 7.04. The van der Waals surface area contributed by atoms with Crippen LogP contribution in [0.2, 0.25) is 0 Å². The smallest absolute Gasteiger partial charge is 0.269 e. The molecule has 1 aromatic rings. The molecule has 0 radical (unpaired) electrons. The van der Waals surface area contributed by atoms with Crippen LogP contribution < -0.4 is 5.32 Å². The summed E-state index contributed by atoms with van der Waals surface area (Å²) in [5.41, 5.74) is 1.27. The number of carbonyl (C=O) groups excluding carboxylic acids is 1. The van der Waals surface area contributed by atoms with Gasteiger partial charge in [0.1, 0.15) is 0 Å². The Labute approximate surface area is 94.8 Å². The molecular formula is C9H9BrN2O3. The highest BCUT2D eigenvalue weighted by atomic mass is 79.9. The molecule has 0 fully saturated rings. The highest BCUT2D eigenvalue weighted by Gasteiger charge is 2.09. The molecule has 0 atom stereocenters. The molecule has 1 aromatic carbocycles. The molecule has 0 heterocycles. The van der Waals surface area contributed by atoms with E-state index in [2.05, 4.69) is 21.2 Å². The number of non-ortho nitro benzene ring substituents is 1. The maximum Gasteiger partial charge on any atom is 0.269 e. The van der Waals surface area contributed by atoms with Gasteiger partial charge in [0.05, 0.1) is 10.3 Å². The number of anilines is 1. The lowest BCUT2D eigenvalue weighted by atomic mass is 10.2. The number of halogens is 1. The Morgan fingerprint density at radius 3 is 2.73 bits per heavy atom. The van der Waals surface area contributed by atoms with E-state index in [1.807, 2.05) is 0 Å². The van der Waals surface area contributed by atoms with Crippen molar-refractivity contribution < 1.29 is 9.72 Å². The van der Waals surface area contributed by atoms with Crippen LogP contribution in [0.1, 0.15) is 5.56 Å². The molecule has 0 saturated carbocycles. The summed E-state index contributed by atoms with van der Waals surface area (Å²) in [6.45, 7) is 1.71. The third-order valence-electron chi connectivity index (χ3n) is 1.82. The summed E-state index contributed by atoms with van der Waals surface area (Å²) < 4.78 is 0. The number of rotatable bonds is 3. The van der Waals surface area contributed by atoms with Crippen LogP contribution in [0.5, 0.6) is 0 Å². The third-order valence-corrected chi connectivity index (χ3v) is 2.33. The highest BCUT2D eigenvalue weighted by Crippen LogP contribution is 2.21. The molecule has 0 bridgehead atoms. The van der Waals surface area contributed by atoms with Crippen molar-refractivity contribution in [2.75, 3.05) is 10.6 Å². The average molecular weight is 273 g/mol. The van der Waals surface area contributed by atoms with Gasteiger partial charge in [-0.15, -0.1) is 0 Å². The Morgan fingerprint density at radius 1 is 1.60 bits per heavy atom. The molecule has 1 N–H and O–H groups in total. The van der Waals surface area contributed by atoms with Gasteiger partial charge in [0.25, 0.3) is 5.69 Å². The monoisotopic (exact) mass is 272 g/mol. The van der Waals surface area contributed by atoms with E-state index < -0.39 is 4.92 Å². The topological polar surface area (TPSA) is 72.2 Å². The zero-order valence-corrected chi connectivity index (χ0v) is 9.58.